The van der Waals surface area contributed by atoms with E-state index in [1.165, 1.54) is 0 Å². The molecule has 0 amide bonds. The Labute approximate surface area is 98.0 Å². The van der Waals surface area contributed by atoms with Crippen LogP contribution >= 0.6 is 0 Å². The second-order valence-corrected chi connectivity index (χ2v) is 3.97. The number of nitrogens with zero attached hydrogens (tertiary/aromatic N) is 2. The Morgan fingerprint density at radius 3 is 3.12 bits per heavy atom. The standard InChI is InChI=1S/C11H13N3O3/c1-7-4-8(6-16-7)11-13-10(14-17-11)9-5-12-2-3-15-9/h4,6,9,12H,2-3,5H2,1H3. The van der Waals surface area contributed by atoms with Crippen molar-refractivity contribution in [1.82, 2.24) is 15.5 Å². The zero-order valence-corrected chi connectivity index (χ0v) is 9.47. The maximum Gasteiger partial charge on any atom is 0.261 e. The summed E-state index contributed by atoms with van der Waals surface area (Å²) in [6.07, 6.45) is 1.47. The van der Waals surface area contributed by atoms with Gasteiger partial charge in [-0.1, -0.05) is 5.16 Å². The summed E-state index contributed by atoms with van der Waals surface area (Å²) in [5.74, 6) is 1.85. The third kappa shape index (κ3) is 2.09. The van der Waals surface area contributed by atoms with E-state index in [2.05, 4.69) is 15.5 Å². The number of hydrogen-bond acceptors (Lipinski definition) is 6. The van der Waals surface area contributed by atoms with E-state index in [1.807, 2.05) is 13.0 Å². The number of ether oxygens (including phenoxy) is 1. The number of rotatable bonds is 2. The summed E-state index contributed by atoms with van der Waals surface area (Å²) >= 11 is 0. The van der Waals surface area contributed by atoms with Crippen LogP contribution in [0, 0.1) is 6.92 Å². The molecule has 0 saturated carbocycles. The second kappa shape index (κ2) is 4.31. The average Bonchev–Trinajstić information content (AvgIpc) is 2.98. The Hall–Kier alpha value is -1.66. The first kappa shape index (κ1) is 10.5. The van der Waals surface area contributed by atoms with Gasteiger partial charge in [0.25, 0.3) is 5.89 Å². The summed E-state index contributed by atoms with van der Waals surface area (Å²) in [6.45, 7) is 4.11. The van der Waals surface area contributed by atoms with E-state index in [1.54, 1.807) is 6.26 Å². The van der Waals surface area contributed by atoms with Crippen LogP contribution in [0.25, 0.3) is 11.5 Å². The van der Waals surface area contributed by atoms with Gasteiger partial charge in [-0.2, -0.15) is 4.98 Å². The van der Waals surface area contributed by atoms with Gasteiger partial charge in [0.15, 0.2) is 0 Å². The molecule has 0 aromatic carbocycles. The van der Waals surface area contributed by atoms with E-state index in [9.17, 15) is 0 Å². The van der Waals surface area contributed by atoms with E-state index in [0.29, 0.717) is 24.9 Å². The van der Waals surface area contributed by atoms with Gasteiger partial charge < -0.3 is 19.0 Å². The number of aromatic nitrogens is 2. The van der Waals surface area contributed by atoms with Gasteiger partial charge in [-0.3, -0.25) is 0 Å². The molecule has 1 N–H and O–H groups in total. The van der Waals surface area contributed by atoms with Gasteiger partial charge in [0.1, 0.15) is 18.1 Å². The molecule has 3 heterocycles. The van der Waals surface area contributed by atoms with Gasteiger partial charge in [-0.05, 0) is 13.0 Å². The first-order valence-electron chi connectivity index (χ1n) is 5.54. The fourth-order valence-electron chi connectivity index (χ4n) is 1.77. The minimum atomic E-state index is -0.130. The van der Waals surface area contributed by atoms with Gasteiger partial charge in [-0.25, -0.2) is 0 Å². The highest BCUT2D eigenvalue weighted by Crippen LogP contribution is 2.23. The summed E-state index contributed by atoms with van der Waals surface area (Å²) in [5.41, 5.74) is 0.796. The molecule has 1 atom stereocenters. The zero-order chi connectivity index (χ0) is 11.7. The van der Waals surface area contributed by atoms with E-state index in [0.717, 1.165) is 17.9 Å². The Morgan fingerprint density at radius 1 is 1.47 bits per heavy atom. The summed E-state index contributed by atoms with van der Waals surface area (Å²) in [5, 5.41) is 7.15. The van der Waals surface area contributed by atoms with E-state index in [4.69, 9.17) is 13.7 Å². The smallest absolute Gasteiger partial charge is 0.261 e. The van der Waals surface area contributed by atoms with Crippen molar-refractivity contribution in [2.75, 3.05) is 19.7 Å². The highest BCUT2D eigenvalue weighted by molar-refractivity contribution is 5.51. The first-order chi connectivity index (χ1) is 8.33. The summed E-state index contributed by atoms with van der Waals surface area (Å²) in [4.78, 5) is 4.31. The largest absolute Gasteiger partial charge is 0.469 e. The summed E-state index contributed by atoms with van der Waals surface area (Å²) < 4.78 is 15.9. The molecule has 6 nitrogen and oxygen atoms in total. The number of furan rings is 1. The molecule has 2 aromatic rings. The molecule has 1 aliphatic rings. The van der Waals surface area contributed by atoms with Gasteiger partial charge >= 0.3 is 0 Å². The molecule has 1 unspecified atom stereocenters. The molecule has 1 aliphatic heterocycles. The Balaban J connectivity index is 1.82. The van der Waals surface area contributed by atoms with E-state index in [-0.39, 0.29) is 6.10 Å². The highest BCUT2D eigenvalue weighted by Gasteiger charge is 2.22. The van der Waals surface area contributed by atoms with Gasteiger partial charge in [0.05, 0.1) is 12.2 Å². The lowest BCUT2D eigenvalue weighted by Crippen LogP contribution is -2.33. The van der Waals surface area contributed by atoms with E-state index < -0.39 is 0 Å². The van der Waals surface area contributed by atoms with Crippen molar-refractivity contribution in [1.29, 1.82) is 0 Å². The predicted octanol–water partition coefficient (Wildman–Crippen LogP) is 1.30. The van der Waals surface area contributed by atoms with Gasteiger partial charge in [-0.15, -0.1) is 0 Å². The van der Waals surface area contributed by atoms with Crippen LogP contribution < -0.4 is 5.32 Å². The molecule has 2 aromatic heterocycles. The van der Waals surface area contributed by atoms with Crippen molar-refractivity contribution >= 4 is 0 Å². The SMILES string of the molecule is Cc1cc(-c2nc(C3CNCCO3)no2)co1. The monoisotopic (exact) mass is 235 g/mol. The van der Waals surface area contributed by atoms with Gasteiger partial charge in [0.2, 0.25) is 5.82 Å². The molecule has 0 radical (unpaired) electrons. The molecule has 17 heavy (non-hydrogen) atoms. The fourth-order valence-corrected chi connectivity index (χ4v) is 1.77. The highest BCUT2D eigenvalue weighted by atomic mass is 16.5. The predicted molar refractivity (Wildman–Crippen MR) is 58.3 cm³/mol. The van der Waals surface area contributed by atoms with Gasteiger partial charge in [0, 0.05) is 13.1 Å². The molecule has 3 rings (SSSR count). The maximum atomic E-state index is 5.55. The minimum Gasteiger partial charge on any atom is -0.469 e. The molecular weight excluding hydrogens is 222 g/mol. The molecular formula is C11H13N3O3. The van der Waals surface area contributed by atoms with Crippen molar-refractivity contribution in [2.24, 2.45) is 0 Å². The summed E-state index contributed by atoms with van der Waals surface area (Å²) in [7, 11) is 0. The van der Waals surface area contributed by atoms with Crippen molar-refractivity contribution < 1.29 is 13.7 Å². The molecule has 0 bridgehead atoms. The maximum absolute atomic E-state index is 5.55. The Kier molecular flexibility index (Phi) is 2.66. The molecule has 1 fully saturated rings. The number of aryl methyl sites for hydroxylation is 1. The van der Waals surface area contributed by atoms with Crippen molar-refractivity contribution in [2.45, 2.75) is 13.0 Å². The molecule has 0 spiro atoms. The third-order valence-corrected chi connectivity index (χ3v) is 2.63. The summed E-state index contributed by atoms with van der Waals surface area (Å²) in [6, 6.07) is 1.86. The van der Waals surface area contributed by atoms with Crippen LogP contribution in [-0.2, 0) is 4.74 Å². The lowest BCUT2D eigenvalue weighted by atomic mass is 10.3. The fraction of sp³-hybridized carbons (Fsp3) is 0.455. The van der Waals surface area contributed by atoms with Crippen molar-refractivity contribution in [3.63, 3.8) is 0 Å². The van der Waals surface area contributed by atoms with Crippen LogP contribution in [0.15, 0.2) is 21.3 Å². The van der Waals surface area contributed by atoms with E-state index >= 15 is 0 Å². The van der Waals surface area contributed by atoms with Crippen LogP contribution in [0.2, 0.25) is 0 Å². The second-order valence-electron chi connectivity index (χ2n) is 3.97. The van der Waals surface area contributed by atoms with Crippen LogP contribution in [0.1, 0.15) is 17.7 Å². The van der Waals surface area contributed by atoms with Crippen molar-refractivity contribution in [3.05, 3.63) is 23.9 Å². The Morgan fingerprint density at radius 2 is 2.41 bits per heavy atom. The molecule has 1 saturated heterocycles. The molecule has 90 valence electrons. The normalized spacial score (nSPS) is 20.6. The molecule has 0 aliphatic carbocycles. The zero-order valence-electron chi connectivity index (χ0n) is 9.47. The Bertz CT molecular complexity index is 500. The number of nitrogens with one attached hydrogen (secondary N) is 1. The van der Waals surface area contributed by atoms with Crippen LogP contribution in [0.5, 0.6) is 0 Å². The molecule has 6 heteroatoms. The lowest BCUT2D eigenvalue weighted by Gasteiger charge is -2.20. The average molecular weight is 235 g/mol. The lowest BCUT2D eigenvalue weighted by molar-refractivity contribution is 0.0208. The first-order valence-corrected chi connectivity index (χ1v) is 5.54. The topological polar surface area (TPSA) is 73.3 Å². The number of morpholine rings is 1. The minimum absolute atomic E-state index is 0.130. The quantitative estimate of drug-likeness (QED) is 0.845. The van der Waals surface area contributed by atoms with Crippen LogP contribution in [-0.4, -0.2) is 29.8 Å². The van der Waals surface area contributed by atoms with Crippen LogP contribution in [0.3, 0.4) is 0 Å². The van der Waals surface area contributed by atoms with Crippen molar-refractivity contribution in [3.8, 4) is 11.5 Å². The van der Waals surface area contributed by atoms with Crippen LogP contribution in [0.4, 0.5) is 0 Å². The number of hydrogen-bond donors (Lipinski definition) is 1. The third-order valence-electron chi connectivity index (χ3n) is 2.63.